The molecule has 1 heteroatoms. The van der Waals surface area contributed by atoms with Crippen LogP contribution in [-0.4, -0.2) is 0 Å². The van der Waals surface area contributed by atoms with E-state index in [9.17, 15) is 4.39 Å². The van der Waals surface area contributed by atoms with Gasteiger partial charge in [-0.25, -0.2) is 4.39 Å². The Labute approximate surface area is 157 Å². The second-order valence-corrected chi connectivity index (χ2v) is 8.11. The fourth-order valence-corrected chi connectivity index (χ4v) is 4.88. The van der Waals surface area contributed by atoms with Crippen LogP contribution in [-0.2, 0) is 6.42 Å². The number of hydrogen-bond donors (Lipinski definition) is 0. The third-order valence-corrected chi connectivity index (χ3v) is 6.43. The predicted octanol–water partition coefficient (Wildman–Crippen LogP) is 7.39. The van der Waals surface area contributed by atoms with Gasteiger partial charge in [0.15, 0.2) is 0 Å². The standard InChI is InChI=1S/C25H29F/c1-2-4-18-7-9-19(10-8-18)20-11-13-21(14-12-20)22-15-16-24-23(17-22)5-3-6-25(24)26/h3,5-6,11-14,17-19H,2,4,7-10,15-16H2,1H3. The number of allylic oxidation sites excluding steroid dienone is 1. The van der Waals surface area contributed by atoms with Gasteiger partial charge in [-0.15, -0.1) is 0 Å². The van der Waals surface area contributed by atoms with Gasteiger partial charge in [-0.05, 0) is 84.3 Å². The Morgan fingerprint density at radius 1 is 0.923 bits per heavy atom. The smallest absolute Gasteiger partial charge is 0.127 e. The lowest BCUT2D eigenvalue weighted by Crippen LogP contribution is -2.13. The molecule has 1 fully saturated rings. The number of benzene rings is 2. The van der Waals surface area contributed by atoms with Gasteiger partial charge < -0.3 is 0 Å². The normalized spacial score (nSPS) is 22.6. The molecule has 26 heavy (non-hydrogen) atoms. The zero-order valence-corrected chi connectivity index (χ0v) is 15.8. The average Bonchev–Trinajstić information content (AvgIpc) is 2.69. The molecule has 2 aromatic rings. The van der Waals surface area contributed by atoms with Crippen molar-refractivity contribution in [3.05, 3.63) is 70.5 Å². The largest absolute Gasteiger partial charge is 0.207 e. The Balaban J connectivity index is 1.47. The first-order chi connectivity index (χ1) is 12.7. The van der Waals surface area contributed by atoms with E-state index in [1.54, 1.807) is 6.07 Å². The summed E-state index contributed by atoms with van der Waals surface area (Å²) >= 11 is 0. The summed E-state index contributed by atoms with van der Waals surface area (Å²) in [6.07, 6.45) is 12.1. The van der Waals surface area contributed by atoms with E-state index in [0.29, 0.717) is 0 Å². The van der Waals surface area contributed by atoms with Gasteiger partial charge in [0.1, 0.15) is 5.82 Å². The lowest BCUT2D eigenvalue weighted by Gasteiger charge is -2.28. The topological polar surface area (TPSA) is 0 Å². The molecule has 0 nitrogen and oxygen atoms in total. The highest BCUT2D eigenvalue weighted by Gasteiger charge is 2.22. The van der Waals surface area contributed by atoms with Crippen LogP contribution in [0.1, 0.15) is 80.0 Å². The van der Waals surface area contributed by atoms with Gasteiger partial charge in [0.05, 0.1) is 0 Å². The Morgan fingerprint density at radius 3 is 2.42 bits per heavy atom. The maximum absolute atomic E-state index is 13.9. The van der Waals surface area contributed by atoms with Gasteiger partial charge in [0, 0.05) is 0 Å². The van der Waals surface area contributed by atoms with Crippen molar-refractivity contribution in [3.8, 4) is 0 Å². The van der Waals surface area contributed by atoms with Crippen LogP contribution >= 0.6 is 0 Å². The molecule has 0 saturated heterocycles. The van der Waals surface area contributed by atoms with Crippen LogP contribution in [0.3, 0.4) is 0 Å². The van der Waals surface area contributed by atoms with Crippen LogP contribution in [0, 0.1) is 11.7 Å². The maximum Gasteiger partial charge on any atom is 0.127 e. The Morgan fingerprint density at radius 2 is 1.69 bits per heavy atom. The summed E-state index contributed by atoms with van der Waals surface area (Å²) in [6.45, 7) is 2.30. The second-order valence-electron chi connectivity index (χ2n) is 8.11. The molecule has 0 amide bonds. The number of halogens is 1. The lowest BCUT2D eigenvalue weighted by atomic mass is 9.77. The summed E-state index contributed by atoms with van der Waals surface area (Å²) in [4.78, 5) is 0. The Kier molecular flexibility index (Phi) is 5.24. The molecule has 0 bridgehead atoms. The Hall–Kier alpha value is -1.89. The van der Waals surface area contributed by atoms with E-state index >= 15 is 0 Å². The highest BCUT2D eigenvalue weighted by Crippen LogP contribution is 2.38. The minimum absolute atomic E-state index is 0.0631. The maximum atomic E-state index is 13.9. The van der Waals surface area contributed by atoms with Gasteiger partial charge in [0.25, 0.3) is 0 Å². The molecular weight excluding hydrogens is 319 g/mol. The second kappa shape index (κ2) is 7.78. The third kappa shape index (κ3) is 3.63. The molecule has 2 aromatic carbocycles. The van der Waals surface area contributed by atoms with Crippen LogP contribution in [0.15, 0.2) is 42.5 Å². The van der Waals surface area contributed by atoms with Crippen molar-refractivity contribution >= 4 is 11.6 Å². The summed E-state index contributed by atoms with van der Waals surface area (Å²) in [6, 6.07) is 14.6. The van der Waals surface area contributed by atoms with E-state index < -0.39 is 0 Å². The molecule has 0 radical (unpaired) electrons. The third-order valence-electron chi connectivity index (χ3n) is 6.43. The molecule has 136 valence electrons. The van der Waals surface area contributed by atoms with Crippen molar-refractivity contribution in [3.63, 3.8) is 0 Å². The summed E-state index contributed by atoms with van der Waals surface area (Å²) < 4.78 is 13.9. The minimum Gasteiger partial charge on any atom is -0.207 e. The minimum atomic E-state index is -0.0631. The van der Waals surface area contributed by atoms with E-state index in [2.05, 4.69) is 37.3 Å². The molecular formula is C25H29F. The van der Waals surface area contributed by atoms with Crippen molar-refractivity contribution in [1.29, 1.82) is 0 Å². The first-order valence-corrected chi connectivity index (χ1v) is 10.3. The fourth-order valence-electron chi connectivity index (χ4n) is 4.88. The first kappa shape index (κ1) is 17.5. The van der Waals surface area contributed by atoms with Crippen LogP contribution in [0.4, 0.5) is 4.39 Å². The van der Waals surface area contributed by atoms with Crippen molar-refractivity contribution in [2.75, 3.05) is 0 Å². The molecule has 4 rings (SSSR count). The van der Waals surface area contributed by atoms with Gasteiger partial charge in [0.2, 0.25) is 0 Å². The predicted molar refractivity (Wildman–Crippen MR) is 109 cm³/mol. The van der Waals surface area contributed by atoms with Crippen LogP contribution in [0.5, 0.6) is 0 Å². The number of fused-ring (bicyclic) bond motifs is 1. The molecule has 0 heterocycles. The monoisotopic (exact) mass is 348 g/mol. The van der Waals surface area contributed by atoms with Gasteiger partial charge in [-0.1, -0.05) is 62.2 Å². The molecule has 0 N–H and O–H groups in total. The van der Waals surface area contributed by atoms with Gasteiger partial charge in [-0.2, -0.15) is 0 Å². The summed E-state index contributed by atoms with van der Waals surface area (Å²) in [5.41, 5.74) is 6.05. The van der Waals surface area contributed by atoms with Crippen molar-refractivity contribution in [2.24, 2.45) is 5.92 Å². The molecule has 0 aliphatic heterocycles. The quantitative estimate of drug-likeness (QED) is 0.540. The molecule has 0 unspecified atom stereocenters. The van der Waals surface area contributed by atoms with Crippen molar-refractivity contribution < 1.29 is 4.39 Å². The zero-order chi connectivity index (χ0) is 17.9. The fraction of sp³-hybridized carbons (Fsp3) is 0.440. The molecule has 2 aliphatic carbocycles. The zero-order valence-electron chi connectivity index (χ0n) is 15.8. The molecule has 2 aliphatic rings. The number of hydrogen-bond acceptors (Lipinski definition) is 0. The van der Waals surface area contributed by atoms with Crippen LogP contribution < -0.4 is 0 Å². The summed E-state index contributed by atoms with van der Waals surface area (Å²) in [5, 5.41) is 0. The van der Waals surface area contributed by atoms with Crippen LogP contribution in [0.2, 0.25) is 0 Å². The van der Waals surface area contributed by atoms with Gasteiger partial charge in [-0.3, -0.25) is 0 Å². The van der Waals surface area contributed by atoms with E-state index in [1.165, 1.54) is 55.2 Å². The molecule has 0 spiro atoms. The van der Waals surface area contributed by atoms with Crippen LogP contribution in [0.25, 0.3) is 11.6 Å². The molecule has 0 atom stereocenters. The highest BCUT2D eigenvalue weighted by atomic mass is 19.1. The average molecular weight is 349 g/mol. The van der Waals surface area contributed by atoms with E-state index in [-0.39, 0.29) is 5.82 Å². The first-order valence-electron chi connectivity index (χ1n) is 10.3. The van der Waals surface area contributed by atoms with Crippen molar-refractivity contribution in [2.45, 2.75) is 64.2 Å². The van der Waals surface area contributed by atoms with Gasteiger partial charge >= 0.3 is 0 Å². The summed E-state index contributed by atoms with van der Waals surface area (Å²) in [5.74, 6) is 1.64. The lowest BCUT2D eigenvalue weighted by molar-refractivity contribution is 0.308. The van der Waals surface area contributed by atoms with E-state index in [0.717, 1.165) is 35.8 Å². The van der Waals surface area contributed by atoms with E-state index in [1.807, 2.05) is 12.1 Å². The molecule has 1 saturated carbocycles. The summed E-state index contributed by atoms with van der Waals surface area (Å²) in [7, 11) is 0. The SMILES string of the molecule is CCCC1CCC(c2ccc(C3=Cc4cccc(F)c4CC3)cc2)CC1. The number of rotatable bonds is 4. The van der Waals surface area contributed by atoms with Crippen molar-refractivity contribution in [1.82, 2.24) is 0 Å². The van der Waals surface area contributed by atoms with E-state index in [4.69, 9.17) is 0 Å². The Bertz CT molecular complexity index is 776. The highest BCUT2D eigenvalue weighted by molar-refractivity contribution is 5.84. The molecule has 0 aromatic heterocycles.